The summed E-state index contributed by atoms with van der Waals surface area (Å²) in [6, 6.07) is 0. The van der Waals surface area contributed by atoms with Gasteiger partial charge in [0, 0.05) is 18.9 Å². The summed E-state index contributed by atoms with van der Waals surface area (Å²) >= 11 is -2.33. The molecule has 1 atom stereocenters. The molecule has 74 valence electrons. The zero-order valence-corrected chi connectivity index (χ0v) is 8.39. The largest absolute Gasteiger partial charge is 0.385 e. The predicted molar refractivity (Wildman–Crippen MR) is 48.0 cm³/mol. The molecule has 13 heavy (non-hydrogen) atoms. The Balaban J connectivity index is 2.75. The van der Waals surface area contributed by atoms with E-state index in [1.54, 1.807) is 0 Å². The average Bonchev–Trinajstić information content (AvgIpc) is 1.78. The van der Waals surface area contributed by atoms with Crippen LogP contribution in [0, 0.1) is 5.41 Å². The lowest BCUT2D eigenvalue weighted by molar-refractivity contribution is -0.117. The Morgan fingerprint density at radius 2 is 2.15 bits per heavy atom. The van der Waals surface area contributed by atoms with E-state index in [1.165, 1.54) is 6.08 Å². The fourth-order valence-electron chi connectivity index (χ4n) is 1.43. The summed E-state index contributed by atoms with van der Waals surface area (Å²) < 4.78 is 23.3. The fraction of sp³-hybridized carbons (Fsp3) is 0.625. The maximum absolute atomic E-state index is 11.1. The summed E-state index contributed by atoms with van der Waals surface area (Å²) in [6.45, 7) is 3.84. The van der Waals surface area contributed by atoms with Gasteiger partial charge in [0.05, 0.1) is 0 Å². The van der Waals surface area contributed by atoms with E-state index in [0.29, 0.717) is 18.6 Å². The lowest BCUT2D eigenvalue weighted by atomic mass is 9.80. The molecule has 0 fully saturated rings. The molecule has 0 saturated carbocycles. The van der Waals surface area contributed by atoms with Gasteiger partial charge >= 0.3 is 11.4 Å². The van der Waals surface area contributed by atoms with Crippen LogP contribution in [0.5, 0.6) is 0 Å². The lowest BCUT2D eigenvalue weighted by Gasteiger charge is -2.27. The van der Waals surface area contributed by atoms with Crippen LogP contribution in [-0.2, 0) is 20.3 Å². The van der Waals surface area contributed by atoms with Crippen molar-refractivity contribution in [1.82, 2.24) is 0 Å². The first kappa shape index (κ1) is 10.4. The molecule has 1 aliphatic carbocycles. The van der Waals surface area contributed by atoms with Gasteiger partial charge in [0.1, 0.15) is 5.76 Å². The Hall–Kier alpha value is -0.680. The van der Waals surface area contributed by atoms with Gasteiger partial charge < -0.3 is 4.18 Å². The highest BCUT2D eigenvalue weighted by molar-refractivity contribution is 7.74. The molecular weight excluding hydrogens is 192 g/mol. The minimum absolute atomic E-state index is 0.0586. The van der Waals surface area contributed by atoms with Crippen molar-refractivity contribution in [2.75, 3.05) is 0 Å². The number of hydrogen-bond donors (Lipinski definition) is 1. The Morgan fingerprint density at radius 1 is 1.54 bits per heavy atom. The third kappa shape index (κ3) is 3.28. The molecule has 0 saturated heterocycles. The molecule has 1 rings (SSSR count). The van der Waals surface area contributed by atoms with Gasteiger partial charge in [-0.2, -0.15) is 4.21 Å². The maximum Gasteiger partial charge on any atom is 0.357 e. The van der Waals surface area contributed by atoms with E-state index in [4.69, 9.17) is 4.55 Å². The van der Waals surface area contributed by atoms with Gasteiger partial charge in [0.15, 0.2) is 5.78 Å². The van der Waals surface area contributed by atoms with Crippen LogP contribution < -0.4 is 0 Å². The molecule has 0 radical (unpaired) electrons. The molecule has 1 N–H and O–H groups in total. The zero-order valence-electron chi connectivity index (χ0n) is 7.57. The monoisotopic (exact) mass is 204 g/mol. The van der Waals surface area contributed by atoms with Gasteiger partial charge in [0.2, 0.25) is 0 Å². The van der Waals surface area contributed by atoms with E-state index in [-0.39, 0.29) is 11.2 Å². The van der Waals surface area contributed by atoms with E-state index in [1.807, 2.05) is 13.8 Å². The third-order valence-electron chi connectivity index (χ3n) is 1.81. The highest BCUT2D eigenvalue weighted by atomic mass is 32.2. The highest BCUT2D eigenvalue weighted by Gasteiger charge is 2.29. The molecular formula is C8H12O4S. The molecule has 1 aliphatic rings. The summed E-state index contributed by atoms with van der Waals surface area (Å²) in [4.78, 5) is 11.1. The summed E-state index contributed by atoms with van der Waals surface area (Å²) in [7, 11) is 0. The number of hydrogen-bond acceptors (Lipinski definition) is 3. The van der Waals surface area contributed by atoms with Crippen LogP contribution in [0.1, 0.15) is 26.7 Å². The molecule has 0 aromatic rings. The average molecular weight is 204 g/mol. The molecule has 0 bridgehead atoms. The third-order valence-corrected chi connectivity index (χ3v) is 2.16. The van der Waals surface area contributed by atoms with Crippen molar-refractivity contribution in [3.8, 4) is 0 Å². The topological polar surface area (TPSA) is 63.6 Å². The van der Waals surface area contributed by atoms with E-state index in [9.17, 15) is 9.00 Å². The van der Waals surface area contributed by atoms with Crippen molar-refractivity contribution < 1.29 is 17.7 Å². The first-order valence-electron chi connectivity index (χ1n) is 3.92. The number of ketones is 1. The molecule has 0 heterocycles. The molecule has 0 aliphatic heterocycles. The van der Waals surface area contributed by atoms with Gasteiger partial charge in [-0.25, -0.2) is 0 Å². The lowest BCUT2D eigenvalue weighted by Crippen LogP contribution is -2.22. The van der Waals surface area contributed by atoms with Crippen LogP contribution in [0.25, 0.3) is 0 Å². The number of carbonyl (C=O) groups is 1. The highest BCUT2D eigenvalue weighted by Crippen LogP contribution is 2.34. The Bertz CT molecular complexity index is 280. The summed E-state index contributed by atoms with van der Waals surface area (Å²) in [5.74, 6) is 0.235. The summed E-state index contributed by atoms with van der Waals surface area (Å²) in [5.41, 5.74) is -0.180. The standard InChI is InChI=1S/C8H12O4S/c1-8(2)4-6(9)3-7(5-8)12-13(10)11/h3H,4-5H2,1-2H3,(H,10,11). The second kappa shape index (κ2) is 3.59. The molecule has 1 unspecified atom stereocenters. The molecule has 0 aromatic heterocycles. The normalized spacial score (nSPS) is 23.6. The summed E-state index contributed by atoms with van der Waals surface area (Å²) in [6.07, 6.45) is 2.27. The SMILES string of the molecule is CC1(C)CC(=O)C=C(OS(=O)O)C1. The van der Waals surface area contributed by atoms with Gasteiger partial charge in [-0.3, -0.25) is 9.35 Å². The minimum atomic E-state index is -2.33. The zero-order chi connectivity index (χ0) is 10.1. The van der Waals surface area contributed by atoms with Crippen molar-refractivity contribution in [3.05, 3.63) is 11.8 Å². The van der Waals surface area contributed by atoms with Crippen LogP contribution in [0.2, 0.25) is 0 Å². The van der Waals surface area contributed by atoms with Gasteiger partial charge in [-0.15, -0.1) is 0 Å². The second-order valence-corrected chi connectivity index (χ2v) is 4.50. The van der Waals surface area contributed by atoms with Gasteiger partial charge in [-0.1, -0.05) is 13.8 Å². The molecule has 5 heteroatoms. The maximum atomic E-state index is 11.1. The Morgan fingerprint density at radius 3 is 2.62 bits per heavy atom. The van der Waals surface area contributed by atoms with Crippen LogP contribution in [0.3, 0.4) is 0 Å². The molecule has 0 aromatic carbocycles. The Labute approximate surface area is 79.5 Å². The fourth-order valence-corrected chi connectivity index (χ4v) is 1.72. The number of allylic oxidation sites excluding steroid dienone is 2. The van der Waals surface area contributed by atoms with E-state index >= 15 is 0 Å². The van der Waals surface area contributed by atoms with Crippen molar-refractivity contribution in [2.24, 2.45) is 5.41 Å². The Kier molecular flexibility index (Phi) is 2.87. The number of carbonyl (C=O) groups excluding carboxylic acids is 1. The van der Waals surface area contributed by atoms with Crippen molar-refractivity contribution in [1.29, 1.82) is 0 Å². The quantitative estimate of drug-likeness (QED) is 0.691. The first-order valence-corrected chi connectivity index (χ1v) is 4.95. The molecule has 0 amide bonds. The van der Waals surface area contributed by atoms with E-state index < -0.39 is 11.4 Å². The van der Waals surface area contributed by atoms with Crippen molar-refractivity contribution in [2.45, 2.75) is 26.7 Å². The van der Waals surface area contributed by atoms with Crippen LogP contribution in [-0.4, -0.2) is 14.5 Å². The molecule has 0 spiro atoms. The van der Waals surface area contributed by atoms with Crippen LogP contribution >= 0.6 is 0 Å². The van der Waals surface area contributed by atoms with Crippen LogP contribution in [0.15, 0.2) is 11.8 Å². The number of rotatable bonds is 2. The second-order valence-electron chi connectivity index (χ2n) is 3.90. The first-order chi connectivity index (χ1) is 5.89. The van der Waals surface area contributed by atoms with E-state index in [2.05, 4.69) is 4.18 Å². The minimum Gasteiger partial charge on any atom is -0.385 e. The van der Waals surface area contributed by atoms with Crippen molar-refractivity contribution >= 4 is 17.1 Å². The van der Waals surface area contributed by atoms with Gasteiger partial charge in [0.25, 0.3) is 0 Å². The summed E-state index contributed by atoms with van der Waals surface area (Å²) in [5, 5.41) is 0. The van der Waals surface area contributed by atoms with Crippen molar-refractivity contribution in [3.63, 3.8) is 0 Å². The predicted octanol–water partition coefficient (Wildman–Crippen LogP) is 1.41. The van der Waals surface area contributed by atoms with Gasteiger partial charge in [-0.05, 0) is 5.41 Å². The van der Waals surface area contributed by atoms with Crippen LogP contribution in [0.4, 0.5) is 0 Å². The molecule has 4 nitrogen and oxygen atoms in total. The smallest absolute Gasteiger partial charge is 0.357 e. The van der Waals surface area contributed by atoms with E-state index in [0.717, 1.165) is 0 Å².